The number of fused-ring (bicyclic) bond motifs is 3. The summed E-state index contributed by atoms with van der Waals surface area (Å²) in [7, 11) is 2.18. The summed E-state index contributed by atoms with van der Waals surface area (Å²) in [6, 6.07) is 4.88. The Bertz CT molecular complexity index is 1080. The van der Waals surface area contributed by atoms with Gasteiger partial charge in [0.15, 0.2) is 0 Å². The average Bonchev–Trinajstić information content (AvgIpc) is 3.13. The maximum absolute atomic E-state index is 6.62. The van der Waals surface area contributed by atoms with E-state index in [0.29, 0.717) is 12.0 Å². The van der Waals surface area contributed by atoms with Crippen LogP contribution in [0.1, 0.15) is 69.6 Å². The first-order valence-electron chi connectivity index (χ1n) is 12.0. The normalized spacial score (nSPS) is 26.3. The molecule has 3 heterocycles. The predicted octanol–water partition coefficient (Wildman–Crippen LogP) is 7.39. The summed E-state index contributed by atoms with van der Waals surface area (Å²) in [5.74, 6) is 2.18. The Morgan fingerprint density at radius 3 is 2.61 bits per heavy atom. The van der Waals surface area contributed by atoms with Crippen molar-refractivity contribution in [3.8, 4) is 0 Å². The van der Waals surface area contributed by atoms with Crippen molar-refractivity contribution < 1.29 is 4.42 Å². The van der Waals surface area contributed by atoms with Crippen LogP contribution in [0.3, 0.4) is 0 Å². The van der Waals surface area contributed by atoms with Crippen LogP contribution in [0.4, 0.5) is 5.88 Å². The fourth-order valence-corrected chi connectivity index (χ4v) is 5.73. The first-order chi connectivity index (χ1) is 14.9. The molecule has 2 aromatic rings. The highest BCUT2D eigenvalue weighted by molar-refractivity contribution is 5.96. The summed E-state index contributed by atoms with van der Waals surface area (Å²) in [5.41, 5.74) is 5.88. The lowest BCUT2D eigenvalue weighted by Crippen LogP contribution is -2.39. The zero-order valence-electron chi connectivity index (χ0n) is 19.7. The lowest BCUT2D eigenvalue weighted by molar-refractivity contribution is 0.256. The number of furan rings is 1. The van der Waals surface area contributed by atoms with E-state index in [4.69, 9.17) is 4.42 Å². The van der Waals surface area contributed by atoms with E-state index in [1.165, 1.54) is 59.8 Å². The second-order valence-corrected chi connectivity index (χ2v) is 10.3. The Morgan fingerprint density at radius 1 is 1.13 bits per heavy atom. The van der Waals surface area contributed by atoms with Crippen LogP contribution < -0.4 is 5.32 Å². The van der Waals surface area contributed by atoms with Crippen molar-refractivity contribution in [3.63, 3.8) is 0 Å². The lowest BCUT2D eigenvalue weighted by atomic mass is 9.82. The highest BCUT2D eigenvalue weighted by Gasteiger charge is 2.36. The number of rotatable bonds is 3. The Balaban J connectivity index is 1.56. The smallest absolute Gasteiger partial charge is 0.201 e. The molecule has 1 saturated carbocycles. The van der Waals surface area contributed by atoms with Gasteiger partial charge in [-0.25, -0.2) is 0 Å². The molecule has 0 saturated heterocycles. The average molecular weight is 417 g/mol. The van der Waals surface area contributed by atoms with Crippen molar-refractivity contribution in [1.29, 1.82) is 0 Å². The molecular weight excluding hydrogens is 380 g/mol. The summed E-state index contributed by atoms with van der Waals surface area (Å²) >= 11 is 0. The molecule has 1 aliphatic carbocycles. The fraction of sp³-hybridized carbons (Fsp3) is 0.500. The summed E-state index contributed by atoms with van der Waals surface area (Å²) in [6.45, 7) is 9.01. The maximum atomic E-state index is 6.62. The third kappa shape index (κ3) is 3.33. The van der Waals surface area contributed by atoms with Crippen LogP contribution in [0.15, 0.2) is 46.6 Å². The number of hydrogen-bond donors (Lipinski definition) is 1. The molecular formula is C28H36N2O. The quantitative estimate of drug-likeness (QED) is 0.565. The Hall–Kier alpha value is -2.42. The number of hydrogen-bond acceptors (Lipinski definition) is 3. The number of benzene rings is 1. The van der Waals surface area contributed by atoms with E-state index >= 15 is 0 Å². The molecule has 0 amide bonds. The van der Waals surface area contributed by atoms with Crippen molar-refractivity contribution in [3.05, 3.63) is 58.8 Å². The van der Waals surface area contributed by atoms with Gasteiger partial charge in [0.05, 0.1) is 11.6 Å². The van der Waals surface area contributed by atoms with E-state index in [1.54, 1.807) is 0 Å². The molecule has 0 radical (unpaired) electrons. The van der Waals surface area contributed by atoms with Crippen LogP contribution in [0.25, 0.3) is 17.0 Å². The van der Waals surface area contributed by atoms with Crippen LogP contribution in [0, 0.1) is 18.8 Å². The molecule has 2 atom stereocenters. The van der Waals surface area contributed by atoms with E-state index in [9.17, 15) is 0 Å². The number of anilines is 1. The molecule has 0 spiro atoms. The molecule has 2 unspecified atom stereocenters. The standard InChI is InChI=1S/C28H36N2O/c1-18(2)21-15-16-28(4,30(5)17-21)25-19(3)11-12-22-23-13-14-24(20-9-7-6-8-10-20)29-27(23)31-26(22)25/h11-18,20,24,29H,6-10H2,1-5H3. The van der Waals surface area contributed by atoms with Gasteiger partial charge in [-0.2, -0.15) is 0 Å². The molecule has 5 rings (SSSR count). The van der Waals surface area contributed by atoms with Crippen molar-refractivity contribution in [2.24, 2.45) is 11.8 Å². The van der Waals surface area contributed by atoms with Crippen LogP contribution in [-0.2, 0) is 5.54 Å². The predicted molar refractivity (Wildman–Crippen MR) is 131 cm³/mol. The Labute approximate surface area is 186 Å². The second kappa shape index (κ2) is 7.62. The summed E-state index contributed by atoms with van der Waals surface area (Å²) < 4.78 is 6.62. The van der Waals surface area contributed by atoms with Gasteiger partial charge < -0.3 is 14.6 Å². The second-order valence-electron chi connectivity index (χ2n) is 10.3. The van der Waals surface area contributed by atoms with Gasteiger partial charge >= 0.3 is 0 Å². The van der Waals surface area contributed by atoms with Crippen molar-refractivity contribution in [1.82, 2.24) is 4.90 Å². The summed E-state index contributed by atoms with van der Waals surface area (Å²) in [5, 5.41) is 4.97. The van der Waals surface area contributed by atoms with Crippen molar-refractivity contribution in [2.75, 3.05) is 12.4 Å². The molecule has 3 nitrogen and oxygen atoms in total. The van der Waals surface area contributed by atoms with Gasteiger partial charge in [-0.05, 0) is 49.7 Å². The van der Waals surface area contributed by atoms with Gasteiger partial charge in [0.25, 0.3) is 0 Å². The number of allylic oxidation sites excluding steroid dienone is 2. The van der Waals surface area contributed by atoms with Crippen molar-refractivity contribution in [2.45, 2.75) is 71.4 Å². The third-order valence-corrected chi connectivity index (χ3v) is 7.88. The zero-order valence-corrected chi connectivity index (χ0v) is 19.7. The largest absolute Gasteiger partial charge is 0.440 e. The van der Waals surface area contributed by atoms with Crippen LogP contribution in [-0.4, -0.2) is 18.0 Å². The highest BCUT2D eigenvalue weighted by atomic mass is 16.4. The monoisotopic (exact) mass is 416 g/mol. The van der Waals surface area contributed by atoms with Crippen LogP contribution in [0.2, 0.25) is 0 Å². The summed E-state index contributed by atoms with van der Waals surface area (Å²) in [4.78, 5) is 2.35. The van der Waals surface area contributed by atoms with E-state index < -0.39 is 0 Å². The molecule has 1 N–H and O–H groups in total. The molecule has 1 aromatic carbocycles. The molecule has 3 heteroatoms. The van der Waals surface area contributed by atoms with E-state index in [2.05, 4.69) is 87.6 Å². The van der Waals surface area contributed by atoms with Gasteiger partial charge in [-0.1, -0.05) is 69.5 Å². The summed E-state index contributed by atoms with van der Waals surface area (Å²) in [6.07, 6.45) is 18.4. The molecule has 164 valence electrons. The van der Waals surface area contributed by atoms with E-state index in [-0.39, 0.29) is 5.54 Å². The first kappa shape index (κ1) is 20.5. The van der Waals surface area contributed by atoms with E-state index in [0.717, 1.165) is 17.4 Å². The Morgan fingerprint density at radius 2 is 1.90 bits per heavy atom. The molecule has 1 fully saturated rings. The number of nitrogens with one attached hydrogen (secondary N) is 1. The molecule has 2 aliphatic heterocycles. The fourth-order valence-electron chi connectivity index (χ4n) is 5.73. The minimum atomic E-state index is -0.241. The van der Waals surface area contributed by atoms with Gasteiger partial charge in [0.1, 0.15) is 5.58 Å². The zero-order chi connectivity index (χ0) is 21.8. The number of nitrogens with zero attached hydrogens (tertiary/aromatic N) is 1. The van der Waals surface area contributed by atoms with E-state index in [1.807, 2.05) is 0 Å². The van der Waals surface area contributed by atoms with Gasteiger partial charge in [0, 0.05) is 29.8 Å². The SMILES string of the molecule is Cc1ccc2c3c(oc2c1C1(C)C=CC(C(C)C)=CN1C)NC(C1CCCCC1)C=C3. The van der Waals surface area contributed by atoms with Crippen molar-refractivity contribution >= 4 is 22.9 Å². The number of aryl methyl sites for hydroxylation is 1. The van der Waals surface area contributed by atoms with Gasteiger partial charge in [-0.15, -0.1) is 0 Å². The first-order valence-corrected chi connectivity index (χ1v) is 12.0. The molecule has 31 heavy (non-hydrogen) atoms. The van der Waals surface area contributed by atoms with Gasteiger partial charge in [0.2, 0.25) is 5.88 Å². The Kier molecular flexibility index (Phi) is 5.03. The third-order valence-electron chi connectivity index (χ3n) is 7.88. The molecule has 3 aliphatic rings. The minimum absolute atomic E-state index is 0.241. The van der Waals surface area contributed by atoms with Gasteiger partial charge in [-0.3, -0.25) is 0 Å². The van der Waals surface area contributed by atoms with Crippen LogP contribution in [0.5, 0.6) is 0 Å². The molecule has 1 aromatic heterocycles. The maximum Gasteiger partial charge on any atom is 0.201 e. The molecule has 0 bridgehead atoms. The number of likely N-dealkylation sites (N-methyl/N-ethyl adjacent to an activating group) is 1. The lowest BCUT2D eigenvalue weighted by Gasteiger charge is -2.40. The highest BCUT2D eigenvalue weighted by Crippen LogP contribution is 2.45. The van der Waals surface area contributed by atoms with Crippen LogP contribution >= 0.6 is 0 Å². The topological polar surface area (TPSA) is 28.4 Å². The minimum Gasteiger partial charge on any atom is -0.440 e.